The molecule has 0 saturated heterocycles. The average molecular weight is 400 g/mol. The van der Waals surface area contributed by atoms with E-state index in [0.717, 1.165) is 10.0 Å². The summed E-state index contributed by atoms with van der Waals surface area (Å²) in [5, 5.41) is 7.16. The van der Waals surface area contributed by atoms with Crippen LogP contribution in [0.5, 0.6) is 5.75 Å². The van der Waals surface area contributed by atoms with E-state index in [0.29, 0.717) is 30.2 Å². The summed E-state index contributed by atoms with van der Waals surface area (Å²) in [5.74, 6) is 0.358. The summed E-state index contributed by atoms with van der Waals surface area (Å²) >= 11 is 3.42. The molecule has 0 aliphatic carbocycles. The number of benzene rings is 2. The van der Waals surface area contributed by atoms with E-state index in [1.165, 1.54) is 0 Å². The lowest BCUT2D eigenvalue weighted by Gasteiger charge is -2.09. The van der Waals surface area contributed by atoms with Gasteiger partial charge in [0.25, 0.3) is 5.91 Å². The van der Waals surface area contributed by atoms with Crippen molar-refractivity contribution in [2.24, 2.45) is 0 Å². The highest BCUT2D eigenvalue weighted by atomic mass is 79.9. The van der Waals surface area contributed by atoms with E-state index in [1.807, 2.05) is 49.5 Å². The van der Waals surface area contributed by atoms with E-state index in [-0.39, 0.29) is 5.91 Å². The van der Waals surface area contributed by atoms with E-state index in [4.69, 9.17) is 4.74 Å². The summed E-state index contributed by atoms with van der Waals surface area (Å²) in [7, 11) is 0. The summed E-state index contributed by atoms with van der Waals surface area (Å²) in [5.41, 5.74) is 2.28. The second-order valence-corrected chi connectivity index (χ2v) is 6.35. The quantitative estimate of drug-likeness (QED) is 0.670. The van der Waals surface area contributed by atoms with Crippen LogP contribution < -0.4 is 10.1 Å². The Labute approximate surface area is 154 Å². The number of hydrogen-bond donors (Lipinski definition) is 1. The van der Waals surface area contributed by atoms with Crippen LogP contribution in [0, 0.1) is 0 Å². The number of carbonyl (C=O) groups excluding carboxylic acids is 1. The number of ether oxygens (including phenoxy) is 1. The van der Waals surface area contributed by atoms with E-state index in [1.54, 1.807) is 23.0 Å². The van der Waals surface area contributed by atoms with Gasteiger partial charge in [-0.2, -0.15) is 5.10 Å². The molecule has 1 aromatic heterocycles. The summed E-state index contributed by atoms with van der Waals surface area (Å²) in [4.78, 5) is 12.5. The number of anilines is 1. The molecule has 2 aromatic carbocycles. The van der Waals surface area contributed by atoms with Crippen molar-refractivity contribution in [2.75, 3.05) is 11.9 Å². The van der Waals surface area contributed by atoms with E-state index < -0.39 is 0 Å². The molecular formula is C19H18BrN3O2. The largest absolute Gasteiger partial charge is 0.493 e. The van der Waals surface area contributed by atoms with Crippen LogP contribution in [0.1, 0.15) is 22.8 Å². The van der Waals surface area contributed by atoms with Crippen molar-refractivity contribution in [1.29, 1.82) is 0 Å². The van der Waals surface area contributed by atoms with Crippen molar-refractivity contribution in [2.45, 2.75) is 13.5 Å². The topological polar surface area (TPSA) is 56.1 Å². The third-order valence-electron chi connectivity index (χ3n) is 3.58. The molecule has 128 valence electrons. The molecule has 1 amide bonds. The lowest BCUT2D eigenvalue weighted by molar-refractivity contribution is 0.102. The predicted octanol–water partition coefficient (Wildman–Crippen LogP) is 4.34. The Hall–Kier alpha value is -2.60. The number of hydrogen-bond acceptors (Lipinski definition) is 3. The molecular weight excluding hydrogens is 382 g/mol. The summed E-state index contributed by atoms with van der Waals surface area (Å²) in [6.07, 6.45) is 3.45. The van der Waals surface area contributed by atoms with Crippen LogP contribution in [-0.4, -0.2) is 22.3 Å². The molecule has 0 atom stereocenters. The summed E-state index contributed by atoms with van der Waals surface area (Å²) in [6, 6.07) is 15.2. The Balaban J connectivity index is 1.69. The summed E-state index contributed by atoms with van der Waals surface area (Å²) in [6.45, 7) is 3.04. The van der Waals surface area contributed by atoms with Gasteiger partial charge in [-0.05, 0) is 36.8 Å². The number of rotatable bonds is 6. The minimum atomic E-state index is -0.216. The number of nitrogens with one attached hydrogen (secondary N) is 1. The SMILES string of the molecule is CCOc1ccccc1C(=O)Nc1cnn(Cc2ccc(Br)cc2)c1. The van der Waals surface area contributed by atoms with Crippen LogP contribution >= 0.6 is 15.9 Å². The highest BCUT2D eigenvalue weighted by molar-refractivity contribution is 9.10. The van der Waals surface area contributed by atoms with Gasteiger partial charge in [0.2, 0.25) is 0 Å². The number of carbonyl (C=O) groups is 1. The summed E-state index contributed by atoms with van der Waals surface area (Å²) < 4.78 is 8.33. The van der Waals surface area contributed by atoms with Crippen LogP contribution in [-0.2, 0) is 6.54 Å². The predicted molar refractivity (Wildman–Crippen MR) is 101 cm³/mol. The number of nitrogens with zero attached hydrogens (tertiary/aromatic N) is 2. The molecule has 25 heavy (non-hydrogen) atoms. The van der Waals surface area contributed by atoms with Crippen LogP contribution in [0.25, 0.3) is 0 Å². The number of aromatic nitrogens is 2. The van der Waals surface area contributed by atoms with Gasteiger partial charge in [-0.25, -0.2) is 0 Å². The molecule has 0 radical (unpaired) electrons. The maximum atomic E-state index is 12.5. The van der Waals surface area contributed by atoms with Crippen molar-refractivity contribution >= 4 is 27.5 Å². The lowest BCUT2D eigenvalue weighted by Crippen LogP contribution is -2.13. The van der Waals surface area contributed by atoms with Gasteiger partial charge < -0.3 is 10.1 Å². The lowest BCUT2D eigenvalue weighted by atomic mass is 10.2. The van der Waals surface area contributed by atoms with E-state index >= 15 is 0 Å². The Bertz CT molecular complexity index is 859. The first kappa shape index (κ1) is 17.2. The van der Waals surface area contributed by atoms with Gasteiger partial charge >= 0.3 is 0 Å². The maximum absolute atomic E-state index is 12.5. The second kappa shape index (κ2) is 7.98. The molecule has 0 spiro atoms. The number of halogens is 1. The molecule has 0 saturated carbocycles. The first-order valence-electron chi connectivity index (χ1n) is 7.96. The van der Waals surface area contributed by atoms with Crippen LogP contribution in [0.15, 0.2) is 65.4 Å². The van der Waals surface area contributed by atoms with E-state index in [2.05, 4.69) is 26.3 Å². The molecule has 5 nitrogen and oxygen atoms in total. The normalized spacial score (nSPS) is 10.5. The van der Waals surface area contributed by atoms with Crippen LogP contribution in [0.4, 0.5) is 5.69 Å². The fraction of sp³-hybridized carbons (Fsp3) is 0.158. The molecule has 1 N–H and O–H groups in total. The number of para-hydroxylation sites is 1. The van der Waals surface area contributed by atoms with Crippen LogP contribution in [0.2, 0.25) is 0 Å². The van der Waals surface area contributed by atoms with Gasteiger partial charge in [0.15, 0.2) is 0 Å². The van der Waals surface area contributed by atoms with Crippen molar-refractivity contribution < 1.29 is 9.53 Å². The Kier molecular flexibility index (Phi) is 5.50. The zero-order valence-electron chi connectivity index (χ0n) is 13.8. The molecule has 0 aliphatic rings. The molecule has 6 heteroatoms. The minimum Gasteiger partial charge on any atom is -0.493 e. The molecule has 0 aliphatic heterocycles. The van der Waals surface area contributed by atoms with Gasteiger partial charge in [-0.15, -0.1) is 0 Å². The smallest absolute Gasteiger partial charge is 0.259 e. The third kappa shape index (κ3) is 4.48. The molecule has 3 rings (SSSR count). The Morgan fingerprint density at radius 3 is 2.72 bits per heavy atom. The fourth-order valence-electron chi connectivity index (χ4n) is 2.43. The third-order valence-corrected chi connectivity index (χ3v) is 4.11. The molecule has 0 fully saturated rings. The van der Waals surface area contributed by atoms with Crippen molar-refractivity contribution in [3.05, 3.63) is 76.5 Å². The zero-order valence-corrected chi connectivity index (χ0v) is 15.4. The second-order valence-electron chi connectivity index (χ2n) is 5.44. The van der Waals surface area contributed by atoms with Gasteiger partial charge in [0.1, 0.15) is 5.75 Å². The standard InChI is InChI=1S/C19H18BrN3O2/c1-2-25-18-6-4-3-5-17(18)19(24)22-16-11-21-23(13-16)12-14-7-9-15(20)10-8-14/h3-11,13H,2,12H2,1H3,(H,22,24). The van der Waals surface area contributed by atoms with Gasteiger partial charge in [-0.1, -0.05) is 40.2 Å². The minimum absolute atomic E-state index is 0.216. The Morgan fingerprint density at radius 1 is 1.20 bits per heavy atom. The van der Waals surface area contributed by atoms with Crippen LogP contribution in [0.3, 0.4) is 0 Å². The molecule has 1 heterocycles. The number of amides is 1. The van der Waals surface area contributed by atoms with Gasteiger partial charge in [0.05, 0.1) is 30.6 Å². The van der Waals surface area contributed by atoms with E-state index in [9.17, 15) is 4.79 Å². The van der Waals surface area contributed by atoms with Crippen molar-refractivity contribution in [3.63, 3.8) is 0 Å². The highest BCUT2D eigenvalue weighted by Gasteiger charge is 2.13. The monoisotopic (exact) mass is 399 g/mol. The van der Waals surface area contributed by atoms with Crippen molar-refractivity contribution in [3.8, 4) is 5.75 Å². The molecule has 0 bridgehead atoms. The first-order chi connectivity index (χ1) is 12.2. The molecule has 0 unspecified atom stereocenters. The first-order valence-corrected chi connectivity index (χ1v) is 8.75. The zero-order chi connectivity index (χ0) is 17.6. The molecule has 3 aromatic rings. The highest BCUT2D eigenvalue weighted by Crippen LogP contribution is 2.20. The Morgan fingerprint density at radius 2 is 1.96 bits per heavy atom. The van der Waals surface area contributed by atoms with Crippen molar-refractivity contribution in [1.82, 2.24) is 9.78 Å². The maximum Gasteiger partial charge on any atom is 0.259 e. The fourth-order valence-corrected chi connectivity index (χ4v) is 2.69. The van der Waals surface area contributed by atoms with Gasteiger partial charge in [0, 0.05) is 10.7 Å². The van der Waals surface area contributed by atoms with Gasteiger partial charge in [-0.3, -0.25) is 9.48 Å². The average Bonchev–Trinajstić information content (AvgIpc) is 3.04.